The fourth-order valence-corrected chi connectivity index (χ4v) is 4.72. The second kappa shape index (κ2) is 6.67. The first-order valence-corrected chi connectivity index (χ1v) is 11.3. The molecule has 124 valence electrons. The number of anilines is 1. The molecule has 0 N–H and O–H groups in total. The predicted molar refractivity (Wildman–Crippen MR) is 102 cm³/mol. The predicted octanol–water partition coefficient (Wildman–Crippen LogP) is 4.01. The van der Waals surface area contributed by atoms with E-state index >= 15 is 0 Å². The zero-order chi connectivity index (χ0) is 16.5. The van der Waals surface area contributed by atoms with Crippen LogP contribution in [0.25, 0.3) is 0 Å². The van der Waals surface area contributed by atoms with Gasteiger partial charge in [0.15, 0.2) is 9.84 Å². The average Bonchev–Trinajstić information content (AvgIpc) is 2.58. The second-order valence-electron chi connectivity index (χ2n) is 7.08. The van der Waals surface area contributed by atoms with Gasteiger partial charge in [0.25, 0.3) is 0 Å². The molecule has 0 spiro atoms. The molecule has 0 aliphatic carbocycles. The molecular weight excluding hydrogens is 409 g/mol. The topological polar surface area (TPSA) is 37.4 Å². The standard InChI is InChI=1S/C17H26INO2S/c1-17(2,3)19-10-6-5-7-13-12-16(22(4,20)21)14(8-9-18)11-15(13)19/h11-12H,5-10H2,1-4H3. The molecule has 0 unspecified atom stereocenters. The number of aryl methyl sites for hydroxylation is 2. The van der Waals surface area contributed by atoms with Crippen molar-refractivity contribution < 1.29 is 8.42 Å². The fraction of sp³-hybridized carbons (Fsp3) is 0.647. The van der Waals surface area contributed by atoms with Crippen molar-refractivity contribution in [2.45, 2.75) is 56.9 Å². The second-order valence-corrected chi connectivity index (χ2v) is 10.1. The lowest BCUT2D eigenvalue weighted by molar-refractivity contribution is 0.498. The molecule has 1 aliphatic heterocycles. The van der Waals surface area contributed by atoms with E-state index in [1.54, 1.807) is 0 Å². The third-order valence-corrected chi connectivity index (χ3v) is 5.92. The summed E-state index contributed by atoms with van der Waals surface area (Å²) in [6, 6.07) is 4.08. The highest BCUT2D eigenvalue weighted by Gasteiger charge is 2.27. The molecule has 5 heteroatoms. The van der Waals surface area contributed by atoms with Crippen LogP contribution < -0.4 is 4.90 Å². The van der Waals surface area contributed by atoms with Gasteiger partial charge in [0.1, 0.15) is 0 Å². The van der Waals surface area contributed by atoms with Crippen LogP contribution in [0.5, 0.6) is 0 Å². The smallest absolute Gasteiger partial charge is 0.175 e. The Bertz CT molecular complexity index is 647. The van der Waals surface area contributed by atoms with Crippen LogP contribution in [0.3, 0.4) is 0 Å². The maximum absolute atomic E-state index is 12.2. The Labute approximate surface area is 148 Å². The maximum atomic E-state index is 12.2. The maximum Gasteiger partial charge on any atom is 0.175 e. The van der Waals surface area contributed by atoms with Crippen LogP contribution in [-0.4, -0.2) is 31.2 Å². The summed E-state index contributed by atoms with van der Waals surface area (Å²) in [6.07, 6.45) is 5.36. The monoisotopic (exact) mass is 435 g/mol. The quantitative estimate of drug-likeness (QED) is 0.532. The summed E-state index contributed by atoms with van der Waals surface area (Å²) < 4.78 is 25.3. The van der Waals surface area contributed by atoms with Gasteiger partial charge in [-0.15, -0.1) is 0 Å². The summed E-state index contributed by atoms with van der Waals surface area (Å²) in [5, 5.41) is 0. The third-order valence-electron chi connectivity index (χ3n) is 4.20. The lowest BCUT2D eigenvalue weighted by atomic mass is 10.00. The van der Waals surface area contributed by atoms with E-state index in [0.29, 0.717) is 4.90 Å². The zero-order valence-electron chi connectivity index (χ0n) is 13.9. The molecule has 0 saturated heterocycles. The van der Waals surface area contributed by atoms with E-state index < -0.39 is 9.84 Å². The number of hydrogen-bond acceptors (Lipinski definition) is 3. The first-order valence-electron chi connectivity index (χ1n) is 7.84. The Balaban J connectivity index is 2.65. The van der Waals surface area contributed by atoms with Crippen molar-refractivity contribution >= 4 is 38.1 Å². The van der Waals surface area contributed by atoms with Gasteiger partial charge in [0, 0.05) is 28.5 Å². The molecule has 3 nitrogen and oxygen atoms in total. The van der Waals surface area contributed by atoms with Crippen molar-refractivity contribution in [3.63, 3.8) is 0 Å². The van der Waals surface area contributed by atoms with E-state index in [1.165, 1.54) is 17.5 Å². The minimum Gasteiger partial charge on any atom is -0.366 e. The summed E-state index contributed by atoms with van der Waals surface area (Å²) in [4.78, 5) is 2.97. The van der Waals surface area contributed by atoms with E-state index in [2.05, 4.69) is 54.3 Å². The van der Waals surface area contributed by atoms with Gasteiger partial charge in [0.05, 0.1) is 4.90 Å². The molecule has 0 fully saturated rings. The van der Waals surface area contributed by atoms with Gasteiger partial charge in [-0.3, -0.25) is 0 Å². The van der Waals surface area contributed by atoms with Gasteiger partial charge in [-0.1, -0.05) is 22.6 Å². The van der Waals surface area contributed by atoms with Crippen molar-refractivity contribution in [1.82, 2.24) is 0 Å². The van der Waals surface area contributed by atoms with Crippen LogP contribution in [-0.2, 0) is 22.7 Å². The molecule has 0 aromatic heterocycles. The van der Waals surface area contributed by atoms with E-state index in [-0.39, 0.29) is 5.54 Å². The largest absolute Gasteiger partial charge is 0.366 e. The summed E-state index contributed by atoms with van der Waals surface area (Å²) in [5.74, 6) is 0. The van der Waals surface area contributed by atoms with Gasteiger partial charge < -0.3 is 4.90 Å². The van der Waals surface area contributed by atoms with E-state index in [9.17, 15) is 8.42 Å². The van der Waals surface area contributed by atoms with Crippen molar-refractivity contribution in [3.8, 4) is 0 Å². The van der Waals surface area contributed by atoms with Gasteiger partial charge in [-0.25, -0.2) is 8.42 Å². The molecular formula is C17H26INO2S. The number of benzene rings is 1. The first kappa shape index (κ1) is 18.0. The minimum absolute atomic E-state index is 0.0489. The highest BCUT2D eigenvalue weighted by atomic mass is 127. The van der Waals surface area contributed by atoms with Crippen LogP contribution in [0.1, 0.15) is 44.7 Å². The molecule has 0 radical (unpaired) electrons. The molecule has 0 amide bonds. The molecule has 22 heavy (non-hydrogen) atoms. The van der Waals surface area contributed by atoms with Gasteiger partial charge in [-0.05, 0) is 69.7 Å². The number of alkyl halides is 1. The number of hydrogen-bond donors (Lipinski definition) is 0. The third kappa shape index (κ3) is 3.96. The lowest BCUT2D eigenvalue weighted by Gasteiger charge is -2.38. The Hall–Kier alpha value is -0.300. The normalized spacial score (nSPS) is 16.3. The number of fused-ring (bicyclic) bond motifs is 1. The van der Waals surface area contributed by atoms with Crippen LogP contribution in [0.2, 0.25) is 0 Å². The summed E-state index contributed by atoms with van der Waals surface area (Å²) in [6.45, 7) is 7.72. The number of sulfone groups is 1. The summed E-state index contributed by atoms with van der Waals surface area (Å²) in [7, 11) is -3.18. The molecule has 1 aromatic carbocycles. The highest BCUT2D eigenvalue weighted by molar-refractivity contribution is 14.1. The minimum atomic E-state index is -3.18. The van der Waals surface area contributed by atoms with Gasteiger partial charge in [-0.2, -0.15) is 0 Å². The molecule has 0 atom stereocenters. The molecule has 1 aliphatic rings. The Kier molecular flexibility index (Phi) is 5.47. The summed E-state index contributed by atoms with van der Waals surface area (Å²) in [5.41, 5.74) is 3.43. The van der Waals surface area contributed by atoms with Gasteiger partial charge in [0.2, 0.25) is 0 Å². The molecule has 2 rings (SSSR count). The van der Waals surface area contributed by atoms with Crippen molar-refractivity contribution in [1.29, 1.82) is 0 Å². The summed E-state index contributed by atoms with van der Waals surface area (Å²) >= 11 is 2.31. The molecule has 0 saturated carbocycles. The SMILES string of the molecule is CC(C)(C)N1CCCCc2cc(S(C)(=O)=O)c(CCI)cc21. The van der Waals surface area contributed by atoms with Crippen molar-refractivity contribution in [2.24, 2.45) is 0 Å². The highest BCUT2D eigenvalue weighted by Crippen LogP contribution is 2.35. The van der Waals surface area contributed by atoms with Crippen LogP contribution in [0.4, 0.5) is 5.69 Å². The Morgan fingerprint density at radius 1 is 1.23 bits per heavy atom. The number of halogens is 1. The zero-order valence-corrected chi connectivity index (χ0v) is 16.9. The van der Waals surface area contributed by atoms with E-state index in [4.69, 9.17) is 0 Å². The lowest BCUT2D eigenvalue weighted by Crippen LogP contribution is -2.42. The molecule has 1 aromatic rings. The Morgan fingerprint density at radius 3 is 2.45 bits per heavy atom. The average molecular weight is 435 g/mol. The van der Waals surface area contributed by atoms with Crippen LogP contribution >= 0.6 is 22.6 Å². The molecule has 0 bridgehead atoms. The van der Waals surface area contributed by atoms with Crippen molar-refractivity contribution in [3.05, 3.63) is 23.3 Å². The number of nitrogens with zero attached hydrogens (tertiary/aromatic N) is 1. The first-order chi connectivity index (χ1) is 10.1. The van der Waals surface area contributed by atoms with Crippen LogP contribution in [0.15, 0.2) is 17.0 Å². The number of rotatable bonds is 3. The fourth-order valence-electron chi connectivity index (χ4n) is 3.15. The van der Waals surface area contributed by atoms with E-state index in [0.717, 1.165) is 42.2 Å². The van der Waals surface area contributed by atoms with E-state index in [1.807, 2.05) is 6.07 Å². The van der Waals surface area contributed by atoms with Crippen molar-refractivity contribution in [2.75, 3.05) is 22.1 Å². The molecule has 1 heterocycles. The van der Waals surface area contributed by atoms with Crippen LogP contribution in [0, 0.1) is 0 Å². The van der Waals surface area contributed by atoms with Gasteiger partial charge >= 0.3 is 0 Å². The Morgan fingerprint density at radius 2 is 1.91 bits per heavy atom.